The molecule has 82 heavy (non-hydrogen) atoms. The van der Waals surface area contributed by atoms with E-state index in [-0.39, 0.29) is 34.7 Å². The van der Waals surface area contributed by atoms with E-state index in [9.17, 15) is 19.5 Å². The fraction of sp³-hybridized carbons (Fsp3) is 0.179. The van der Waals surface area contributed by atoms with E-state index in [4.69, 9.17) is 28.7 Å². The molecule has 4 unspecified atom stereocenters. The predicted molar refractivity (Wildman–Crippen MR) is 309 cm³/mol. The highest BCUT2D eigenvalue weighted by Gasteiger charge is 2.59. The molecule has 0 amide bonds. The Morgan fingerprint density at radius 3 is 1.67 bits per heavy atom. The number of aryl methyl sites for hydroxylation is 1. The Kier molecular flexibility index (Phi) is 15.3. The summed E-state index contributed by atoms with van der Waals surface area (Å²) in [5, 5.41) is 13.5. The molecule has 1 aliphatic rings. The monoisotopic (exact) mass is 1100 g/mol. The minimum Gasteiger partial charge on any atom is -0.497 e. The molecule has 1 saturated heterocycles. The number of benzene rings is 8. The number of hydrogen-bond donors (Lipinski definition) is 3. The number of rotatable bonds is 20. The summed E-state index contributed by atoms with van der Waals surface area (Å²) in [6.45, 7) is 0.983. The van der Waals surface area contributed by atoms with E-state index in [0.29, 0.717) is 22.6 Å². The summed E-state index contributed by atoms with van der Waals surface area (Å²) in [6.07, 6.45) is -2.26. The number of carbonyl (C=O) groups is 2. The van der Waals surface area contributed by atoms with E-state index in [1.807, 2.05) is 177 Å². The Bertz CT molecular complexity index is 3790. The number of hydrogen-bond acceptors (Lipinski definition) is 11. The van der Waals surface area contributed by atoms with Crippen molar-refractivity contribution in [2.75, 3.05) is 32.8 Å². The highest BCUT2D eigenvalue weighted by atomic mass is 19.1. The summed E-state index contributed by atoms with van der Waals surface area (Å²) in [4.78, 5) is 53.4. The number of carboxylic acids is 1. The molecular formula is C67H58FN5O9. The van der Waals surface area contributed by atoms with Gasteiger partial charge < -0.3 is 34.1 Å². The van der Waals surface area contributed by atoms with Crippen LogP contribution in [0.15, 0.2) is 230 Å². The summed E-state index contributed by atoms with van der Waals surface area (Å²) in [5.74, 6) is -1.73. The van der Waals surface area contributed by atoms with Crippen molar-refractivity contribution in [1.29, 1.82) is 0 Å². The van der Waals surface area contributed by atoms with E-state index in [1.165, 1.54) is 23.0 Å². The third kappa shape index (κ3) is 10.4. The molecule has 3 heterocycles. The van der Waals surface area contributed by atoms with E-state index in [2.05, 4.69) is 15.3 Å². The van der Waals surface area contributed by atoms with Crippen LogP contribution >= 0.6 is 0 Å². The van der Waals surface area contributed by atoms with E-state index >= 15 is 4.39 Å². The Balaban J connectivity index is 1.08. The lowest BCUT2D eigenvalue weighted by atomic mass is 9.77. The lowest BCUT2D eigenvalue weighted by Crippen LogP contribution is -2.50. The average molecular weight is 1100 g/mol. The van der Waals surface area contributed by atoms with Gasteiger partial charge in [-0.1, -0.05) is 175 Å². The van der Waals surface area contributed by atoms with Crippen molar-refractivity contribution in [1.82, 2.24) is 19.5 Å². The third-order valence-electron chi connectivity index (χ3n) is 15.4. The summed E-state index contributed by atoms with van der Waals surface area (Å²) in [5.41, 5.74) is 1.20. The molecule has 8 aromatic carbocycles. The minimum atomic E-state index is -1.95. The first-order valence-electron chi connectivity index (χ1n) is 26.7. The predicted octanol–water partition coefficient (Wildman–Crippen LogP) is 11.9. The number of anilines is 1. The normalized spacial score (nSPS) is 17.0. The maximum atomic E-state index is 18.9. The molecule has 0 radical (unpaired) electrons. The molecule has 0 spiro atoms. The number of fused-ring (bicyclic) bond motifs is 1. The Morgan fingerprint density at radius 1 is 0.659 bits per heavy atom. The molecule has 0 bridgehead atoms. The fourth-order valence-electron chi connectivity index (χ4n) is 11.1. The number of nitrogens with zero attached hydrogens (tertiary/aromatic N) is 3. The van der Waals surface area contributed by atoms with Crippen molar-refractivity contribution in [3.05, 3.63) is 291 Å². The number of imidazole rings is 1. The zero-order valence-electron chi connectivity index (χ0n) is 45.1. The van der Waals surface area contributed by atoms with Crippen LogP contribution in [-0.2, 0) is 31.8 Å². The van der Waals surface area contributed by atoms with Crippen LogP contribution in [0.25, 0.3) is 11.2 Å². The van der Waals surface area contributed by atoms with Crippen molar-refractivity contribution in [3.63, 3.8) is 0 Å². The fourth-order valence-corrected chi connectivity index (χ4v) is 11.1. The number of carbonyl (C=O) groups excluding carboxylic acids is 1. The second kappa shape index (κ2) is 23.2. The van der Waals surface area contributed by atoms with E-state index < -0.39 is 65.8 Å². The molecule has 2 aromatic heterocycles. The Labute approximate surface area is 472 Å². The lowest BCUT2D eigenvalue weighted by molar-refractivity contribution is -0.167. The molecule has 0 aliphatic carbocycles. The number of halogens is 1. The Hall–Kier alpha value is -9.70. The van der Waals surface area contributed by atoms with Crippen molar-refractivity contribution in [2.45, 2.75) is 42.5 Å². The molecule has 0 saturated carbocycles. The largest absolute Gasteiger partial charge is 0.497 e. The number of esters is 1. The molecule has 1 aliphatic heterocycles. The number of H-pyrrole nitrogens is 1. The van der Waals surface area contributed by atoms with Gasteiger partial charge in [0.25, 0.3) is 5.56 Å². The topological polar surface area (TPSA) is 176 Å². The molecule has 4 atom stereocenters. The first kappa shape index (κ1) is 54.3. The Morgan fingerprint density at radius 2 is 1.15 bits per heavy atom. The van der Waals surface area contributed by atoms with Gasteiger partial charge in [-0.25, -0.2) is 19.0 Å². The summed E-state index contributed by atoms with van der Waals surface area (Å²) in [7, 11) is 3.18. The van der Waals surface area contributed by atoms with Gasteiger partial charge in [0.2, 0.25) is 5.95 Å². The number of alkyl halides is 1. The standard InChI is InChI=1S/C67H58FN5O9/c1-44-24-28-47(29-25-44)63(77)80-41-65(42-81-67(51-20-12-6-13-21-51,52-22-14-7-15-23-52)53-34-38-55(79-3)39-35-53)56(40-45-26-30-46(31-27-45)62(75)76)57(68)61(82-65)73-43-69-58-59(73)70-64(71-60(58)74)72-66(48-16-8-4-9-17-48,49-18-10-5-11-19-49)50-32-36-54(78-2)37-33-50/h4-39,43,56-57,61H,40-42H2,1-3H3,(H,75,76)(H2,70,71,72,74). The quantitative estimate of drug-likeness (QED) is 0.0487. The number of methoxy groups -OCH3 is 2. The van der Waals surface area contributed by atoms with Gasteiger partial charge in [-0.2, -0.15) is 4.98 Å². The summed E-state index contributed by atoms with van der Waals surface area (Å²) >= 11 is 0. The highest BCUT2D eigenvalue weighted by molar-refractivity contribution is 5.89. The zero-order chi connectivity index (χ0) is 56.8. The first-order valence-corrected chi connectivity index (χ1v) is 26.7. The van der Waals surface area contributed by atoms with Crippen LogP contribution in [0.5, 0.6) is 11.5 Å². The number of ether oxygens (including phenoxy) is 5. The van der Waals surface area contributed by atoms with Crippen LogP contribution in [0.4, 0.5) is 10.3 Å². The minimum absolute atomic E-state index is 0.0114. The molecule has 11 rings (SSSR count). The van der Waals surface area contributed by atoms with Gasteiger partial charge in [0.1, 0.15) is 34.8 Å². The maximum absolute atomic E-state index is 18.9. The number of aromatic nitrogens is 4. The molecule has 10 aromatic rings. The van der Waals surface area contributed by atoms with Gasteiger partial charge >= 0.3 is 11.9 Å². The van der Waals surface area contributed by atoms with Crippen LogP contribution in [0.2, 0.25) is 0 Å². The smallest absolute Gasteiger partial charge is 0.338 e. The van der Waals surface area contributed by atoms with Crippen LogP contribution in [0.3, 0.4) is 0 Å². The number of aromatic amines is 1. The maximum Gasteiger partial charge on any atom is 0.338 e. The third-order valence-corrected chi connectivity index (χ3v) is 15.4. The average Bonchev–Trinajstić information content (AvgIpc) is 4.23. The molecule has 14 nitrogen and oxygen atoms in total. The molecule has 3 N–H and O–H groups in total. The highest BCUT2D eigenvalue weighted by Crippen LogP contribution is 2.50. The summed E-state index contributed by atoms with van der Waals surface area (Å²) < 4.78 is 52.6. The number of nitrogens with one attached hydrogen (secondary N) is 2. The zero-order valence-corrected chi connectivity index (χ0v) is 45.1. The molecular weight excluding hydrogens is 1040 g/mol. The van der Waals surface area contributed by atoms with Crippen LogP contribution < -0.4 is 20.3 Å². The number of carboxylic acid groups (broad SMARTS) is 1. The molecule has 15 heteroatoms. The molecule has 412 valence electrons. The van der Waals surface area contributed by atoms with Gasteiger partial charge in [-0.15, -0.1) is 0 Å². The van der Waals surface area contributed by atoms with Gasteiger partial charge in [0.15, 0.2) is 23.6 Å². The molecule has 1 fully saturated rings. The second-order valence-corrected chi connectivity index (χ2v) is 20.3. The number of aromatic carboxylic acids is 1. The van der Waals surface area contributed by atoms with Crippen molar-refractivity contribution >= 4 is 29.1 Å². The van der Waals surface area contributed by atoms with Gasteiger partial charge in [-0.05, 0) is 101 Å². The SMILES string of the molecule is COc1ccc(C(Nc2nc3c(ncn3C3OC(COC(=O)c4ccc(C)cc4)(COC(c4ccccc4)(c4ccccc4)c4ccc(OC)cc4)C(Cc4ccc(C(=O)O)cc4)C3F)c(=O)[nH]2)(c2ccccc2)c2ccccc2)cc1. The first-order chi connectivity index (χ1) is 39.9. The van der Waals surface area contributed by atoms with Crippen LogP contribution in [-0.4, -0.2) is 75.8 Å². The van der Waals surface area contributed by atoms with Crippen LogP contribution in [0, 0.1) is 12.8 Å². The van der Waals surface area contributed by atoms with Crippen molar-refractivity contribution < 1.29 is 42.8 Å². The van der Waals surface area contributed by atoms with E-state index in [1.54, 1.807) is 50.6 Å². The van der Waals surface area contributed by atoms with Crippen LogP contribution in [0.1, 0.15) is 71.5 Å². The van der Waals surface area contributed by atoms with E-state index in [0.717, 1.165) is 33.4 Å². The lowest BCUT2D eigenvalue weighted by Gasteiger charge is -2.41. The second-order valence-electron chi connectivity index (χ2n) is 20.3. The van der Waals surface area contributed by atoms with Crippen molar-refractivity contribution in [2.24, 2.45) is 5.92 Å². The van der Waals surface area contributed by atoms with Gasteiger partial charge in [0.05, 0.1) is 38.3 Å². The summed E-state index contributed by atoms with van der Waals surface area (Å²) in [6, 6.07) is 66.9. The van der Waals surface area contributed by atoms with Crippen molar-refractivity contribution in [3.8, 4) is 11.5 Å². The van der Waals surface area contributed by atoms with Gasteiger partial charge in [0, 0.05) is 5.92 Å². The van der Waals surface area contributed by atoms with Gasteiger partial charge in [-0.3, -0.25) is 14.3 Å².